The zero-order valence-electron chi connectivity index (χ0n) is 15.7. The van der Waals surface area contributed by atoms with Gasteiger partial charge < -0.3 is 10.4 Å². The molecule has 0 atom stereocenters. The minimum atomic E-state index is -0.135. The molecule has 1 heterocycles. The van der Waals surface area contributed by atoms with E-state index in [-0.39, 0.29) is 12.5 Å². The van der Waals surface area contributed by atoms with Gasteiger partial charge in [-0.05, 0) is 60.7 Å². The summed E-state index contributed by atoms with van der Waals surface area (Å²) in [4.78, 5) is 16.9. The molecule has 0 saturated heterocycles. The number of carbonyl (C=O) groups excluding carboxylic acids is 1. The molecule has 2 aromatic carbocycles. The Morgan fingerprint density at radius 1 is 0.963 bits per heavy atom. The Bertz CT molecular complexity index is 916. The summed E-state index contributed by atoms with van der Waals surface area (Å²) in [6, 6.07) is 17.9. The maximum Gasteiger partial charge on any atom is 0.251 e. The van der Waals surface area contributed by atoms with Crippen molar-refractivity contribution in [3.63, 3.8) is 0 Å². The van der Waals surface area contributed by atoms with Crippen LogP contribution in [0.2, 0.25) is 0 Å². The second kappa shape index (κ2) is 8.60. The number of benzene rings is 2. The molecule has 3 aromatic rings. The molecule has 0 saturated carbocycles. The van der Waals surface area contributed by atoms with E-state index in [0.717, 1.165) is 27.9 Å². The third kappa shape index (κ3) is 5.02. The summed E-state index contributed by atoms with van der Waals surface area (Å²) in [5.74, 6) is -0.135. The minimum Gasteiger partial charge on any atom is -0.396 e. The predicted octanol–water partition coefficient (Wildman–Crippen LogP) is 3.83. The lowest BCUT2D eigenvalue weighted by molar-refractivity contribution is 0.0950. The first-order valence-corrected chi connectivity index (χ1v) is 9.07. The summed E-state index contributed by atoms with van der Waals surface area (Å²) in [6.07, 6.45) is 2.29. The van der Waals surface area contributed by atoms with Crippen LogP contribution in [0.25, 0.3) is 11.1 Å². The molecule has 0 radical (unpaired) electrons. The molecule has 1 amide bonds. The lowest BCUT2D eigenvalue weighted by Gasteiger charge is -2.11. The third-order valence-corrected chi connectivity index (χ3v) is 4.47. The number of aliphatic hydroxyl groups excluding tert-OH is 1. The molecule has 2 N–H and O–H groups in total. The van der Waals surface area contributed by atoms with Crippen LogP contribution in [0.4, 0.5) is 0 Å². The first-order chi connectivity index (χ1) is 13.0. The van der Waals surface area contributed by atoms with Crippen molar-refractivity contribution in [3.05, 3.63) is 88.7 Å². The number of aromatic nitrogens is 1. The van der Waals surface area contributed by atoms with Gasteiger partial charge in [-0.15, -0.1) is 0 Å². The Kier molecular flexibility index (Phi) is 5.99. The van der Waals surface area contributed by atoms with E-state index >= 15 is 0 Å². The summed E-state index contributed by atoms with van der Waals surface area (Å²) in [5, 5.41) is 12.3. The van der Waals surface area contributed by atoms with E-state index in [1.54, 1.807) is 6.20 Å². The van der Waals surface area contributed by atoms with Crippen LogP contribution in [0.1, 0.15) is 32.7 Å². The molecule has 0 bridgehead atoms. The summed E-state index contributed by atoms with van der Waals surface area (Å²) in [5.41, 5.74) is 6.66. The fraction of sp³-hybridized carbons (Fsp3) is 0.217. The molecule has 27 heavy (non-hydrogen) atoms. The van der Waals surface area contributed by atoms with E-state index in [4.69, 9.17) is 0 Å². The van der Waals surface area contributed by atoms with E-state index in [1.165, 1.54) is 5.56 Å². The molecule has 1 aromatic heterocycles. The van der Waals surface area contributed by atoms with E-state index < -0.39 is 0 Å². The highest BCUT2D eigenvalue weighted by Crippen LogP contribution is 2.23. The van der Waals surface area contributed by atoms with Gasteiger partial charge in [0.05, 0.1) is 0 Å². The SMILES string of the molecule is Cc1ccc(-c2cc(CCO)cc(C(=O)NCc3ccc(C)nc3)c2)cc1. The number of aryl methyl sites for hydroxylation is 2. The van der Waals surface area contributed by atoms with Gasteiger partial charge in [0, 0.05) is 30.6 Å². The Morgan fingerprint density at radius 3 is 2.41 bits per heavy atom. The summed E-state index contributed by atoms with van der Waals surface area (Å²) in [6.45, 7) is 4.45. The van der Waals surface area contributed by atoms with Gasteiger partial charge in [0.25, 0.3) is 5.91 Å². The van der Waals surface area contributed by atoms with Crippen molar-refractivity contribution in [2.45, 2.75) is 26.8 Å². The van der Waals surface area contributed by atoms with Crippen molar-refractivity contribution in [1.29, 1.82) is 0 Å². The van der Waals surface area contributed by atoms with Gasteiger partial charge in [-0.1, -0.05) is 42.0 Å². The number of nitrogens with zero attached hydrogens (tertiary/aromatic N) is 1. The molecule has 0 aliphatic carbocycles. The van der Waals surface area contributed by atoms with Crippen LogP contribution in [0.5, 0.6) is 0 Å². The number of rotatable bonds is 6. The van der Waals surface area contributed by atoms with Crippen LogP contribution in [0, 0.1) is 13.8 Å². The van der Waals surface area contributed by atoms with Crippen molar-refractivity contribution in [2.75, 3.05) is 6.61 Å². The first-order valence-electron chi connectivity index (χ1n) is 9.07. The quantitative estimate of drug-likeness (QED) is 0.702. The van der Waals surface area contributed by atoms with Crippen molar-refractivity contribution in [3.8, 4) is 11.1 Å². The van der Waals surface area contributed by atoms with E-state index in [9.17, 15) is 9.90 Å². The van der Waals surface area contributed by atoms with Crippen molar-refractivity contribution >= 4 is 5.91 Å². The molecule has 4 heteroatoms. The van der Waals surface area contributed by atoms with Crippen LogP contribution < -0.4 is 5.32 Å². The Morgan fingerprint density at radius 2 is 1.74 bits per heavy atom. The Labute approximate surface area is 159 Å². The average molecular weight is 360 g/mol. The van der Waals surface area contributed by atoms with Crippen LogP contribution in [-0.4, -0.2) is 22.6 Å². The summed E-state index contributed by atoms with van der Waals surface area (Å²) < 4.78 is 0. The molecule has 0 aliphatic heterocycles. The van der Waals surface area contributed by atoms with Gasteiger partial charge in [0.2, 0.25) is 0 Å². The standard InChI is InChI=1S/C23H24N2O2/c1-16-3-7-20(8-4-16)21-11-18(9-10-26)12-22(13-21)23(27)25-15-19-6-5-17(2)24-14-19/h3-8,11-14,26H,9-10,15H2,1-2H3,(H,25,27). The lowest BCUT2D eigenvalue weighted by atomic mass is 9.97. The number of pyridine rings is 1. The molecular formula is C23H24N2O2. The van der Waals surface area contributed by atoms with E-state index in [1.807, 2.05) is 56.3 Å². The van der Waals surface area contributed by atoms with Crippen molar-refractivity contribution in [1.82, 2.24) is 10.3 Å². The molecular weight excluding hydrogens is 336 g/mol. The van der Waals surface area contributed by atoms with Gasteiger partial charge in [-0.25, -0.2) is 0 Å². The highest BCUT2D eigenvalue weighted by molar-refractivity contribution is 5.95. The van der Waals surface area contributed by atoms with E-state index in [0.29, 0.717) is 18.5 Å². The number of aliphatic hydroxyl groups is 1. The van der Waals surface area contributed by atoms with Gasteiger partial charge in [0.15, 0.2) is 0 Å². The number of hydrogen-bond donors (Lipinski definition) is 2. The normalized spacial score (nSPS) is 10.6. The Balaban J connectivity index is 1.83. The number of amides is 1. The zero-order valence-corrected chi connectivity index (χ0v) is 15.7. The van der Waals surface area contributed by atoms with Crippen molar-refractivity contribution < 1.29 is 9.90 Å². The van der Waals surface area contributed by atoms with Gasteiger partial charge >= 0.3 is 0 Å². The largest absolute Gasteiger partial charge is 0.396 e. The minimum absolute atomic E-state index is 0.0491. The fourth-order valence-electron chi connectivity index (χ4n) is 2.90. The maximum absolute atomic E-state index is 12.7. The van der Waals surface area contributed by atoms with Gasteiger partial charge in [0.1, 0.15) is 0 Å². The molecule has 0 unspecified atom stereocenters. The van der Waals surface area contributed by atoms with Gasteiger partial charge in [-0.2, -0.15) is 0 Å². The van der Waals surface area contributed by atoms with Crippen molar-refractivity contribution in [2.24, 2.45) is 0 Å². The zero-order chi connectivity index (χ0) is 19.2. The number of hydrogen-bond acceptors (Lipinski definition) is 3. The third-order valence-electron chi connectivity index (χ3n) is 4.47. The second-order valence-electron chi connectivity index (χ2n) is 6.75. The summed E-state index contributed by atoms with van der Waals surface area (Å²) in [7, 11) is 0. The fourth-order valence-corrected chi connectivity index (χ4v) is 2.90. The Hall–Kier alpha value is -2.98. The maximum atomic E-state index is 12.7. The van der Waals surface area contributed by atoms with Crippen LogP contribution in [0.15, 0.2) is 60.8 Å². The molecule has 138 valence electrons. The second-order valence-corrected chi connectivity index (χ2v) is 6.75. The van der Waals surface area contributed by atoms with Crippen LogP contribution in [-0.2, 0) is 13.0 Å². The highest BCUT2D eigenvalue weighted by Gasteiger charge is 2.10. The lowest BCUT2D eigenvalue weighted by Crippen LogP contribution is -2.23. The highest BCUT2D eigenvalue weighted by atomic mass is 16.3. The molecule has 4 nitrogen and oxygen atoms in total. The topological polar surface area (TPSA) is 62.2 Å². The smallest absolute Gasteiger partial charge is 0.251 e. The molecule has 0 spiro atoms. The monoisotopic (exact) mass is 360 g/mol. The van der Waals surface area contributed by atoms with Crippen LogP contribution in [0.3, 0.4) is 0 Å². The number of nitrogens with one attached hydrogen (secondary N) is 1. The number of carbonyl (C=O) groups is 1. The predicted molar refractivity (Wildman–Crippen MR) is 108 cm³/mol. The summed E-state index contributed by atoms with van der Waals surface area (Å²) >= 11 is 0. The molecule has 0 fully saturated rings. The van der Waals surface area contributed by atoms with Crippen LogP contribution >= 0.6 is 0 Å². The van der Waals surface area contributed by atoms with E-state index in [2.05, 4.69) is 22.4 Å². The average Bonchev–Trinajstić information content (AvgIpc) is 2.68. The van der Waals surface area contributed by atoms with Gasteiger partial charge in [-0.3, -0.25) is 9.78 Å². The molecule has 3 rings (SSSR count). The first kappa shape index (κ1) is 18.8. The molecule has 0 aliphatic rings.